The molecule has 0 saturated heterocycles. The maximum absolute atomic E-state index is 10.9. The van der Waals surface area contributed by atoms with Gasteiger partial charge in [-0.15, -0.1) is 0 Å². The average Bonchev–Trinajstić information content (AvgIpc) is 2.50. The number of hydrogen-bond acceptors (Lipinski definition) is 4. The third-order valence-corrected chi connectivity index (χ3v) is 3.54. The zero-order valence-corrected chi connectivity index (χ0v) is 9.83. The summed E-state index contributed by atoms with van der Waals surface area (Å²) in [7, 11) is -1.71. The van der Waals surface area contributed by atoms with E-state index in [0.29, 0.717) is 13.2 Å². The van der Waals surface area contributed by atoms with Gasteiger partial charge in [-0.1, -0.05) is 0 Å². The van der Waals surface area contributed by atoms with E-state index in [1.165, 1.54) is 0 Å². The smallest absolute Gasteiger partial charge is 0.209 e. The molecule has 6 heteroatoms. The van der Waals surface area contributed by atoms with Gasteiger partial charge < -0.3 is 9.47 Å². The van der Waals surface area contributed by atoms with Crippen molar-refractivity contribution in [2.45, 2.75) is 25.4 Å². The average molecular weight is 237 g/mol. The van der Waals surface area contributed by atoms with Crippen molar-refractivity contribution in [3.05, 3.63) is 0 Å². The van der Waals surface area contributed by atoms with E-state index in [0.717, 1.165) is 19.3 Å². The maximum atomic E-state index is 10.9. The van der Waals surface area contributed by atoms with Crippen LogP contribution >= 0.6 is 0 Å². The monoisotopic (exact) mass is 237 g/mol. The summed E-state index contributed by atoms with van der Waals surface area (Å²) in [5.74, 6) is 0.240. The highest BCUT2D eigenvalue weighted by Gasteiger charge is 2.27. The molecule has 2 unspecified atom stereocenters. The summed E-state index contributed by atoms with van der Waals surface area (Å²) >= 11 is 0. The molecule has 1 aliphatic carbocycles. The van der Waals surface area contributed by atoms with E-state index in [1.54, 1.807) is 7.11 Å². The fourth-order valence-corrected chi connectivity index (χ4v) is 2.92. The number of sulfonamides is 1. The van der Waals surface area contributed by atoms with Crippen molar-refractivity contribution in [3.63, 3.8) is 0 Å². The molecule has 0 heterocycles. The second-order valence-corrected chi connectivity index (χ2v) is 5.65. The molecular weight excluding hydrogens is 218 g/mol. The number of rotatable bonds is 6. The Morgan fingerprint density at radius 1 is 1.33 bits per heavy atom. The molecule has 0 bridgehead atoms. The molecule has 0 aromatic rings. The van der Waals surface area contributed by atoms with Crippen molar-refractivity contribution in [3.8, 4) is 0 Å². The lowest BCUT2D eigenvalue weighted by atomic mass is 10.1. The molecule has 15 heavy (non-hydrogen) atoms. The molecule has 0 aromatic heterocycles. The number of ether oxygens (including phenoxy) is 2. The topological polar surface area (TPSA) is 78.6 Å². The maximum Gasteiger partial charge on any atom is 0.209 e. The van der Waals surface area contributed by atoms with Gasteiger partial charge in [0, 0.05) is 7.11 Å². The van der Waals surface area contributed by atoms with Crippen LogP contribution in [0.1, 0.15) is 19.3 Å². The Labute approximate surface area is 91.0 Å². The minimum Gasteiger partial charge on any atom is -0.382 e. The largest absolute Gasteiger partial charge is 0.382 e. The predicted molar refractivity (Wildman–Crippen MR) is 56.9 cm³/mol. The van der Waals surface area contributed by atoms with Gasteiger partial charge in [0.15, 0.2) is 0 Å². The summed E-state index contributed by atoms with van der Waals surface area (Å²) in [6, 6.07) is 0. The highest BCUT2D eigenvalue weighted by atomic mass is 32.2. The Bertz CT molecular complexity index is 278. The highest BCUT2D eigenvalue weighted by Crippen LogP contribution is 2.28. The summed E-state index contributed by atoms with van der Waals surface area (Å²) in [6.45, 7) is 1.15. The highest BCUT2D eigenvalue weighted by molar-refractivity contribution is 7.89. The Kier molecular flexibility index (Phi) is 4.98. The molecule has 1 fully saturated rings. The molecule has 2 atom stereocenters. The van der Waals surface area contributed by atoms with Crippen LogP contribution in [0, 0.1) is 5.92 Å². The fourth-order valence-electron chi connectivity index (χ4n) is 1.96. The predicted octanol–water partition coefficient (Wildman–Crippen LogP) is 0.107. The SMILES string of the molecule is COCCOC1CCC(CS(N)(=O)=O)C1. The first-order valence-electron chi connectivity index (χ1n) is 5.12. The number of methoxy groups -OCH3 is 1. The molecule has 1 saturated carbocycles. The van der Waals surface area contributed by atoms with Crippen LogP contribution in [0.2, 0.25) is 0 Å². The van der Waals surface area contributed by atoms with Crippen LogP contribution in [0.15, 0.2) is 0 Å². The molecule has 5 nitrogen and oxygen atoms in total. The van der Waals surface area contributed by atoms with Gasteiger partial charge in [-0.25, -0.2) is 13.6 Å². The van der Waals surface area contributed by atoms with Crippen LogP contribution in [-0.2, 0) is 19.5 Å². The van der Waals surface area contributed by atoms with Gasteiger partial charge in [0.05, 0.1) is 25.1 Å². The Morgan fingerprint density at radius 3 is 2.67 bits per heavy atom. The van der Waals surface area contributed by atoms with Gasteiger partial charge in [0.25, 0.3) is 0 Å². The first-order chi connectivity index (χ1) is 7.01. The second kappa shape index (κ2) is 5.79. The second-order valence-electron chi connectivity index (χ2n) is 3.99. The molecule has 0 radical (unpaired) electrons. The van der Waals surface area contributed by atoms with Gasteiger partial charge >= 0.3 is 0 Å². The van der Waals surface area contributed by atoms with E-state index in [1.807, 2.05) is 0 Å². The summed E-state index contributed by atoms with van der Waals surface area (Å²) in [5, 5.41) is 4.99. The van der Waals surface area contributed by atoms with Gasteiger partial charge in [0.1, 0.15) is 0 Å². The van der Waals surface area contributed by atoms with E-state index in [4.69, 9.17) is 14.6 Å². The van der Waals surface area contributed by atoms with Gasteiger partial charge in [0.2, 0.25) is 10.0 Å². The van der Waals surface area contributed by atoms with Crippen LogP contribution in [0.5, 0.6) is 0 Å². The Balaban J connectivity index is 2.21. The van der Waals surface area contributed by atoms with Crippen molar-refractivity contribution in [1.82, 2.24) is 0 Å². The van der Waals surface area contributed by atoms with Crippen LogP contribution in [-0.4, -0.2) is 40.6 Å². The lowest BCUT2D eigenvalue weighted by Gasteiger charge is -2.11. The van der Waals surface area contributed by atoms with Crippen molar-refractivity contribution >= 4 is 10.0 Å². The third kappa shape index (κ3) is 5.46. The van der Waals surface area contributed by atoms with E-state index in [2.05, 4.69) is 0 Å². The first-order valence-corrected chi connectivity index (χ1v) is 6.84. The Hall–Kier alpha value is -0.170. The quantitative estimate of drug-likeness (QED) is 0.665. The summed E-state index contributed by atoms with van der Waals surface area (Å²) in [4.78, 5) is 0. The summed E-state index contributed by atoms with van der Waals surface area (Å²) in [5.41, 5.74) is 0. The minimum absolute atomic E-state index is 0.0805. The van der Waals surface area contributed by atoms with Crippen molar-refractivity contribution in [2.75, 3.05) is 26.1 Å². The molecule has 0 spiro atoms. The standard InChI is InChI=1S/C9H19NO4S/c1-13-4-5-14-9-3-2-8(6-9)7-15(10,11)12/h8-9H,2-7H2,1H3,(H2,10,11,12). The number of hydrogen-bond donors (Lipinski definition) is 1. The molecule has 1 aliphatic rings. The van der Waals surface area contributed by atoms with Gasteiger partial charge in [-0.05, 0) is 25.2 Å². The van der Waals surface area contributed by atoms with E-state index in [-0.39, 0.29) is 17.8 Å². The number of primary sulfonamides is 1. The van der Waals surface area contributed by atoms with E-state index < -0.39 is 10.0 Å². The van der Waals surface area contributed by atoms with Crippen LogP contribution in [0.4, 0.5) is 0 Å². The van der Waals surface area contributed by atoms with Crippen LogP contribution in [0.25, 0.3) is 0 Å². The van der Waals surface area contributed by atoms with Gasteiger partial charge in [-0.2, -0.15) is 0 Å². The van der Waals surface area contributed by atoms with Gasteiger partial charge in [-0.3, -0.25) is 0 Å². The zero-order chi connectivity index (χ0) is 11.3. The molecule has 90 valence electrons. The Morgan fingerprint density at radius 2 is 2.07 bits per heavy atom. The van der Waals surface area contributed by atoms with Crippen molar-refractivity contribution in [2.24, 2.45) is 11.1 Å². The van der Waals surface area contributed by atoms with Crippen LogP contribution in [0.3, 0.4) is 0 Å². The molecule has 1 rings (SSSR count). The lowest BCUT2D eigenvalue weighted by Crippen LogP contribution is -2.22. The third-order valence-electron chi connectivity index (χ3n) is 2.60. The lowest BCUT2D eigenvalue weighted by molar-refractivity contribution is 0.0195. The zero-order valence-electron chi connectivity index (χ0n) is 9.02. The summed E-state index contributed by atoms with van der Waals surface area (Å²) in [6.07, 6.45) is 2.77. The normalized spacial score (nSPS) is 27.1. The minimum atomic E-state index is -3.34. The first kappa shape index (κ1) is 12.9. The fraction of sp³-hybridized carbons (Fsp3) is 1.00. The van der Waals surface area contributed by atoms with Crippen molar-refractivity contribution in [1.29, 1.82) is 0 Å². The summed E-state index contributed by atoms with van der Waals surface area (Å²) < 4.78 is 32.1. The van der Waals surface area contributed by atoms with Crippen molar-refractivity contribution < 1.29 is 17.9 Å². The molecule has 2 N–H and O–H groups in total. The van der Waals surface area contributed by atoms with Crippen LogP contribution < -0.4 is 5.14 Å². The molecule has 0 amide bonds. The molecular formula is C9H19NO4S. The van der Waals surface area contributed by atoms with E-state index >= 15 is 0 Å². The van der Waals surface area contributed by atoms with E-state index in [9.17, 15) is 8.42 Å². The molecule has 0 aromatic carbocycles. The number of nitrogens with two attached hydrogens (primary N) is 1. The molecule has 0 aliphatic heterocycles.